The molecule has 0 aromatic heterocycles. The molecule has 2 fully saturated rings. The molecule has 3 nitrogen and oxygen atoms in total. The molecule has 1 saturated heterocycles. The zero-order valence-corrected chi connectivity index (χ0v) is 27.9. The van der Waals surface area contributed by atoms with E-state index in [0.29, 0.717) is 22.9 Å². The number of hydrogen-bond donors (Lipinski definition) is 2. The van der Waals surface area contributed by atoms with Gasteiger partial charge in [-0.05, 0) is 120 Å². The van der Waals surface area contributed by atoms with Gasteiger partial charge in [0.1, 0.15) is 0 Å². The standard InChI is InChI=1S/C43H47N3/c1-6-28-24-35-27(3)39-34-21-18-31(41(44)33(7-2)29-14-10-8-11-15-29)25-37(34)42(45)40(39)43(4,5)38(35)26-36(28)30-16-19-32(20-17-30)46-22-12-9-13-23-46/h8,10-11,14-15,18,21,24-26,30,32,44-45H,2-3,6,9,12-13,16-17,19-20,22-23H2,1,4-5H3. The van der Waals surface area contributed by atoms with E-state index in [9.17, 15) is 5.41 Å². The first kappa shape index (κ1) is 30.6. The number of piperidine rings is 1. The fourth-order valence-corrected chi connectivity index (χ4v) is 8.96. The summed E-state index contributed by atoms with van der Waals surface area (Å²) in [6.07, 6.45) is 10.3. The second kappa shape index (κ2) is 12.0. The van der Waals surface area contributed by atoms with Crippen LogP contribution < -0.4 is 0 Å². The van der Waals surface area contributed by atoms with Crippen LogP contribution in [0.25, 0.3) is 16.7 Å². The molecule has 3 heteroatoms. The van der Waals surface area contributed by atoms with Gasteiger partial charge in [-0.3, -0.25) is 10.8 Å². The molecule has 0 unspecified atom stereocenters. The number of fused-ring (bicyclic) bond motifs is 3. The van der Waals surface area contributed by atoms with Gasteiger partial charge in [0, 0.05) is 28.2 Å². The van der Waals surface area contributed by atoms with Crippen LogP contribution in [0.3, 0.4) is 0 Å². The minimum atomic E-state index is -0.335. The quantitative estimate of drug-likeness (QED) is 0.213. The van der Waals surface area contributed by atoms with Gasteiger partial charge in [0.15, 0.2) is 0 Å². The zero-order chi connectivity index (χ0) is 32.2. The normalized spacial score (nSPS) is 22.2. The maximum atomic E-state index is 9.53. The van der Waals surface area contributed by atoms with Crippen molar-refractivity contribution in [1.29, 1.82) is 10.8 Å². The van der Waals surface area contributed by atoms with E-state index < -0.39 is 0 Å². The lowest BCUT2D eigenvalue weighted by molar-refractivity contribution is 0.125. The summed E-state index contributed by atoms with van der Waals surface area (Å²) >= 11 is 0. The number of rotatable bonds is 6. The first-order chi connectivity index (χ1) is 22.2. The van der Waals surface area contributed by atoms with Crippen molar-refractivity contribution in [2.24, 2.45) is 0 Å². The molecule has 1 aliphatic heterocycles. The lowest BCUT2D eigenvalue weighted by Gasteiger charge is -2.40. The molecule has 46 heavy (non-hydrogen) atoms. The minimum Gasteiger partial charge on any atom is -0.300 e. The number of allylic oxidation sites excluding steroid dienone is 4. The lowest BCUT2D eigenvalue weighted by atomic mass is 9.65. The fraction of sp³-hybridized carbons (Fsp3) is 0.372. The summed E-state index contributed by atoms with van der Waals surface area (Å²) in [5.41, 5.74) is 16.7. The predicted octanol–water partition coefficient (Wildman–Crippen LogP) is 10.1. The van der Waals surface area contributed by atoms with E-state index in [4.69, 9.17) is 12.0 Å². The summed E-state index contributed by atoms with van der Waals surface area (Å²) in [5, 5.41) is 18.6. The Bertz CT molecular complexity index is 1830. The summed E-state index contributed by atoms with van der Waals surface area (Å²) in [4.78, 5) is 2.78. The Kier molecular flexibility index (Phi) is 7.96. The topological polar surface area (TPSA) is 50.9 Å². The Morgan fingerprint density at radius 2 is 1.61 bits per heavy atom. The van der Waals surface area contributed by atoms with Crippen LogP contribution in [0.15, 0.2) is 85.1 Å². The second-order valence-electron chi connectivity index (χ2n) is 14.3. The summed E-state index contributed by atoms with van der Waals surface area (Å²) in [6, 6.07) is 21.8. The van der Waals surface area contributed by atoms with Crippen LogP contribution in [0.4, 0.5) is 0 Å². The smallest absolute Gasteiger partial charge is 0.0768 e. The van der Waals surface area contributed by atoms with Crippen molar-refractivity contribution < 1.29 is 0 Å². The molecule has 3 aliphatic carbocycles. The molecular weight excluding hydrogens is 558 g/mol. The van der Waals surface area contributed by atoms with E-state index in [1.807, 2.05) is 42.5 Å². The van der Waals surface area contributed by atoms with Crippen LogP contribution in [-0.2, 0) is 11.8 Å². The third-order valence-electron chi connectivity index (χ3n) is 11.5. The van der Waals surface area contributed by atoms with Crippen molar-refractivity contribution in [3.8, 4) is 0 Å². The summed E-state index contributed by atoms with van der Waals surface area (Å²) in [5.74, 6) is 0.603. The molecule has 0 spiro atoms. The van der Waals surface area contributed by atoms with Crippen LogP contribution in [-0.4, -0.2) is 35.5 Å². The molecular formula is C43H47N3. The molecule has 3 aromatic rings. The van der Waals surface area contributed by atoms with Gasteiger partial charge in [0.2, 0.25) is 0 Å². The predicted molar refractivity (Wildman–Crippen MR) is 194 cm³/mol. The van der Waals surface area contributed by atoms with Gasteiger partial charge in [-0.1, -0.05) is 94.9 Å². The molecule has 234 valence electrons. The molecule has 1 saturated carbocycles. The summed E-state index contributed by atoms with van der Waals surface area (Å²) in [7, 11) is 0. The number of benzene rings is 3. The van der Waals surface area contributed by atoms with Crippen molar-refractivity contribution in [1.82, 2.24) is 4.90 Å². The summed E-state index contributed by atoms with van der Waals surface area (Å²) in [6.45, 7) is 18.1. The van der Waals surface area contributed by atoms with Gasteiger partial charge in [-0.25, -0.2) is 0 Å². The molecule has 0 bridgehead atoms. The van der Waals surface area contributed by atoms with E-state index in [1.54, 1.807) is 0 Å². The van der Waals surface area contributed by atoms with Gasteiger partial charge in [0.25, 0.3) is 0 Å². The average Bonchev–Trinajstić information content (AvgIpc) is 3.40. The van der Waals surface area contributed by atoms with Crippen LogP contribution in [0.1, 0.15) is 116 Å². The lowest BCUT2D eigenvalue weighted by Crippen LogP contribution is -2.41. The van der Waals surface area contributed by atoms with Crippen molar-refractivity contribution in [2.75, 3.05) is 13.1 Å². The van der Waals surface area contributed by atoms with Gasteiger partial charge in [-0.2, -0.15) is 0 Å². The van der Waals surface area contributed by atoms with Crippen LogP contribution in [0, 0.1) is 10.8 Å². The van der Waals surface area contributed by atoms with E-state index >= 15 is 0 Å². The van der Waals surface area contributed by atoms with Gasteiger partial charge in [0.05, 0.1) is 11.4 Å². The highest BCUT2D eigenvalue weighted by Crippen LogP contribution is 2.55. The fourth-order valence-electron chi connectivity index (χ4n) is 8.96. The maximum absolute atomic E-state index is 9.53. The third-order valence-corrected chi connectivity index (χ3v) is 11.5. The number of nitrogens with one attached hydrogen (secondary N) is 2. The Balaban J connectivity index is 1.21. The van der Waals surface area contributed by atoms with Gasteiger partial charge in [-0.15, -0.1) is 5.73 Å². The van der Waals surface area contributed by atoms with Crippen LogP contribution in [0.5, 0.6) is 0 Å². The van der Waals surface area contributed by atoms with E-state index in [1.165, 1.54) is 80.3 Å². The van der Waals surface area contributed by atoms with E-state index in [2.05, 4.69) is 56.2 Å². The largest absolute Gasteiger partial charge is 0.300 e. The van der Waals surface area contributed by atoms with Gasteiger partial charge >= 0.3 is 0 Å². The molecule has 7 rings (SSSR count). The van der Waals surface area contributed by atoms with Crippen LogP contribution in [0.2, 0.25) is 0 Å². The van der Waals surface area contributed by atoms with Crippen molar-refractivity contribution in [3.05, 3.63) is 130 Å². The highest BCUT2D eigenvalue weighted by molar-refractivity contribution is 6.34. The highest BCUT2D eigenvalue weighted by atomic mass is 15.2. The highest BCUT2D eigenvalue weighted by Gasteiger charge is 2.44. The van der Waals surface area contributed by atoms with Crippen molar-refractivity contribution in [3.63, 3.8) is 0 Å². The third kappa shape index (κ3) is 4.93. The summed E-state index contributed by atoms with van der Waals surface area (Å²) < 4.78 is 0. The molecule has 0 amide bonds. The molecule has 3 aromatic carbocycles. The maximum Gasteiger partial charge on any atom is 0.0768 e. The molecule has 2 N–H and O–H groups in total. The minimum absolute atomic E-state index is 0.335. The van der Waals surface area contributed by atoms with E-state index in [0.717, 1.165) is 51.4 Å². The number of likely N-dealkylation sites (tertiary alicyclic amines) is 1. The molecule has 1 heterocycles. The van der Waals surface area contributed by atoms with Crippen molar-refractivity contribution in [2.45, 2.75) is 89.5 Å². The first-order valence-corrected chi connectivity index (χ1v) is 17.4. The van der Waals surface area contributed by atoms with Crippen molar-refractivity contribution >= 4 is 28.1 Å². The average molecular weight is 606 g/mol. The van der Waals surface area contributed by atoms with Crippen LogP contribution >= 0.6 is 0 Å². The molecule has 4 aliphatic rings. The monoisotopic (exact) mass is 605 g/mol. The van der Waals surface area contributed by atoms with Gasteiger partial charge < -0.3 is 4.90 Å². The Morgan fingerprint density at radius 1 is 0.891 bits per heavy atom. The molecule has 0 radical (unpaired) electrons. The van der Waals surface area contributed by atoms with E-state index in [-0.39, 0.29) is 5.41 Å². The Morgan fingerprint density at radius 3 is 2.28 bits per heavy atom. The zero-order valence-electron chi connectivity index (χ0n) is 27.9. The second-order valence-corrected chi connectivity index (χ2v) is 14.3. The first-order valence-electron chi connectivity index (χ1n) is 17.4. The number of hydrogen-bond acceptors (Lipinski definition) is 3. The number of aryl methyl sites for hydroxylation is 1. The number of nitrogens with zero attached hydrogens (tertiary/aromatic N) is 1. The molecule has 0 atom stereocenters. The Hall–Kier alpha value is -4.04. The Labute approximate surface area is 275 Å². The SMILES string of the molecule is C=C=C(C(=N)c1ccc2c(c1)C(=N)C1=C2C(=C)c2cc(CC)c(C3CCC(N4CCCCC4)CC3)cc2C1(C)C)c1ccccc1.